The number of nitrogens with zero attached hydrogens (tertiary/aromatic N) is 3. The highest BCUT2D eigenvalue weighted by Crippen LogP contribution is 2.21. The molecule has 1 unspecified atom stereocenters. The molecule has 19 heavy (non-hydrogen) atoms. The molecule has 102 valence electrons. The summed E-state index contributed by atoms with van der Waals surface area (Å²) in [4.78, 5) is 4.24. The molecule has 2 rings (SSSR count). The van der Waals surface area contributed by atoms with Crippen LogP contribution in [0.1, 0.15) is 44.3 Å². The molecule has 0 aliphatic carbocycles. The third-order valence-electron chi connectivity index (χ3n) is 2.95. The van der Waals surface area contributed by atoms with Gasteiger partial charge in [0.2, 0.25) is 11.8 Å². The summed E-state index contributed by atoms with van der Waals surface area (Å²) in [7, 11) is 0. The Hall–Kier alpha value is -1.75. The van der Waals surface area contributed by atoms with E-state index in [4.69, 9.17) is 4.42 Å². The minimum Gasteiger partial charge on any atom is -0.419 e. The maximum absolute atomic E-state index is 5.73. The van der Waals surface area contributed by atoms with E-state index in [1.807, 2.05) is 19.1 Å². The number of aromatic nitrogens is 3. The van der Waals surface area contributed by atoms with Crippen molar-refractivity contribution in [3.63, 3.8) is 0 Å². The highest BCUT2D eigenvalue weighted by atomic mass is 16.4. The van der Waals surface area contributed by atoms with Gasteiger partial charge in [0.1, 0.15) is 0 Å². The zero-order chi connectivity index (χ0) is 13.7. The van der Waals surface area contributed by atoms with Crippen LogP contribution >= 0.6 is 0 Å². The van der Waals surface area contributed by atoms with Crippen LogP contribution in [0, 0.1) is 6.92 Å². The lowest BCUT2D eigenvalue weighted by Gasteiger charge is -2.11. The Morgan fingerprint density at radius 3 is 2.74 bits per heavy atom. The van der Waals surface area contributed by atoms with Crippen molar-refractivity contribution in [1.82, 2.24) is 20.5 Å². The molecule has 0 amide bonds. The Morgan fingerprint density at radius 1 is 1.26 bits per heavy atom. The molecular weight excluding hydrogens is 240 g/mol. The minimum atomic E-state index is 0.125. The summed E-state index contributed by atoms with van der Waals surface area (Å²) >= 11 is 0. The van der Waals surface area contributed by atoms with Crippen LogP contribution < -0.4 is 5.32 Å². The third kappa shape index (κ3) is 3.38. The van der Waals surface area contributed by atoms with Crippen LogP contribution in [0.4, 0.5) is 0 Å². The van der Waals surface area contributed by atoms with E-state index < -0.39 is 0 Å². The zero-order valence-corrected chi connectivity index (χ0v) is 11.7. The van der Waals surface area contributed by atoms with E-state index in [1.165, 1.54) is 0 Å². The summed E-state index contributed by atoms with van der Waals surface area (Å²) in [6.07, 6.45) is 3.76. The Kier molecular flexibility index (Phi) is 4.63. The van der Waals surface area contributed by atoms with Crippen molar-refractivity contribution in [3.05, 3.63) is 29.9 Å². The quantitative estimate of drug-likeness (QED) is 0.865. The molecule has 0 aromatic carbocycles. The standard InChI is InChI=1S/C14H20N4O/c1-4-8-15-12(5-2)14-18-17-13(19-14)11-7-6-10(3)16-9-11/h6-7,9,12,15H,4-5,8H2,1-3H3. The van der Waals surface area contributed by atoms with Gasteiger partial charge in [0, 0.05) is 11.9 Å². The lowest BCUT2D eigenvalue weighted by atomic mass is 10.2. The van der Waals surface area contributed by atoms with Crippen LogP contribution in [0.5, 0.6) is 0 Å². The Labute approximate surface area is 113 Å². The molecule has 0 aliphatic heterocycles. The third-order valence-corrected chi connectivity index (χ3v) is 2.95. The number of hydrogen-bond donors (Lipinski definition) is 1. The van der Waals surface area contributed by atoms with Crippen LogP contribution in [0.3, 0.4) is 0 Å². The van der Waals surface area contributed by atoms with Crippen LogP contribution in [0.25, 0.3) is 11.5 Å². The van der Waals surface area contributed by atoms with Crippen molar-refractivity contribution in [1.29, 1.82) is 0 Å². The van der Waals surface area contributed by atoms with Crippen LogP contribution in [-0.2, 0) is 0 Å². The van der Waals surface area contributed by atoms with Crippen molar-refractivity contribution in [2.75, 3.05) is 6.54 Å². The molecule has 0 fully saturated rings. The topological polar surface area (TPSA) is 63.8 Å². The second-order valence-electron chi connectivity index (χ2n) is 4.55. The van der Waals surface area contributed by atoms with Gasteiger partial charge in [0.25, 0.3) is 0 Å². The predicted molar refractivity (Wildman–Crippen MR) is 73.6 cm³/mol. The fraction of sp³-hybridized carbons (Fsp3) is 0.500. The maximum Gasteiger partial charge on any atom is 0.249 e. The highest BCUT2D eigenvalue weighted by molar-refractivity contribution is 5.50. The van der Waals surface area contributed by atoms with E-state index in [-0.39, 0.29) is 6.04 Å². The molecule has 1 N–H and O–H groups in total. The Morgan fingerprint density at radius 2 is 2.11 bits per heavy atom. The van der Waals surface area contributed by atoms with Gasteiger partial charge in [0.05, 0.1) is 11.6 Å². The molecule has 0 bridgehead atoms. The van der Waals surface area contributed by atoms with Crippen molar-refractivity contribution in [2.45, 2.75) is 39.7 Å². The first-order chi connectivity index (χ1) is 9.24. The normalized spacial score (nSPS) is 12.6. The number of hydrogen-bond acceptors (Lipinski definition) is 5. The highest BCUT2D eigenvalue weighted by Gasteiger charge is 2.16. The van der Waals surface area contributed by atoms with Gasteiger partial charge in [-0.25, -0.2) is 0 Å². The van der Waals surface area contributed by atoms with Crippen molar-refractivity contribution >= 4 is 0 Å². The van der Waals surface area contributed by atoms with Crippen LogP contribution in [-0.4, -0.2) is 21.7 Å². The molecule has 0 spiro atoms. The molecule has 0 radical (unpaired) electrons. The zero-order valence-electron chi connectivity index (χ0n) is 11.7. The lowest BCUT2D eigenvalue weighted by Crippen LogP contribution is -2.21. The lowest BCUT2D eigenvalue weighted by molar-refractivity contribution is 0.396. The first kappa shape index (κ1) is 13.7. The second kappa shape index (κ2) is 6.43. The molecule has 2 aromatic rings. The molecule has 5 heteroatoms. The fourth-order valence-corrected chi connectivity index (χ4v) is 1.81. The Balaban J connectivity index is 2.15. The summed E-state index contributed by atoms with van der Waals surface area (Å²) in [5.41, 5.74) is 1.83. The second-order valence-corrected chi connectivity index (χ2v) is 4.55. The summed E-state index contributed by atoms with van der Waals surface area (Å²) in [6, 6.07) is 4.01. The SMILES string of the molecule is CCCNC(CC)c1nnc(-c2ccc(C)nc2)o1. The average molecular weight is 260 g/mol. The Bertz CT molecular complexity index is 506. The molecule has 0 aliphatic rings. The van der Waals surface area contributed by atoms with Crippen LogP contribution in [0.15, 0.2) is 22.7 Å². The van der Waals surface area contributed by atoms with Gasteiger partial charge in [-0.1, -0.05) is 13.8 Å². The largest absolute Gasteiger partial charge is 0.419 e. The van der Waals surface area contributed by atoms with Gasteiger partial charge in [-0.3, -0.25) is 4.98 Å². The number of nitrogens with one attached hydrogen (secondary N) is 1. The predicted octanol–water partition coefficient (Wildman–Crippen LogP) is 2.89. The van der Waals surface area contributed by atoms with Gasteiger partial charge in [-0.05, 0) is 38.4 Å². The van der Waals surface area contributed by atoms with E-state index >= 15 is 0 Å². The average Bonchev–Trinajstić information content (AvgIpc) is 2.90. The molecule has 2 aromatic heterocycles. The number of aryl methyl sites for hydroxylation is 1. The molecule has 2 heterocycles. The molecular formula is C14H20N4O. The number of rotatable bonds is 6. The molecule has 1 atom stereocenters. The summed E-state index contributed by atoms with van der Waals surface area (Å²) in [5, 5.41) is 11.6. The van der Waals surface area contributed by atoms with Crippen molar-refractivity contribution in [2.24, 2.45) is 0 Å². The monoisotopic (exact) mass is 260 g/mol. The van der Waals surface area contributed by atoms with Crippen molar-refractivity contribution in [3.8, 4) is 11.5 Å². The van der Waals surface area contributed by atoms with Crippen molar-refractivity contribution < 1.29 is 4.42 Å². The maximum atomic E-state index is 5.73. The van der Waals surface area contributed by atoms with E-state index in [2.05, 4.69) is 34.3 Å². The molecule has 5 nitrogen and oxygen atoms in total. The first-order valence-electron chi connectivity index (χ1n) is 6.74. The van der Waals surface area contributed by atoms with Gasteiger partial charge in [-0.2, -0.15) is 0 Å². The summed E-state index contributed by atoms with van der Waals surface area (Å²) < 4.78 is 5.73. The van der Waals surface area contributed by atoms with Gasteiger partial charge >= 0.3 is 0 Å². The molecule has 0 saturated heterocycles. The van der Waals surface area contributed by atoms with Crippen LogP contribution in [0.2, 0.25) is 0 Å². The first-order valence-corrected chi connectivity index (χ1v) is 6.74. The van der Waals surface area contributed by atoms with Gasteiger partial charge < -0.3 is 9.73 Å². The van der Waals surface area contributed by atoms with E-state index in [0.29, 0.717) is 11.8 Å². The fourth-order valence-electron chi connectivity index (χ4n) is 1.81. The van der Waals surface area contributed by atoms with Gasteiger partial charge in [-0.15, -0.1) is 10.2 Å². The van der Waals surface area contributed by atoms with E-state index in [0.717, 1.165) is 30.6 Å². The number of pyridine rings is 1. The smallest absolute Gasteiger partial charge is 0.249 e. The minimum absolute atomic E-state index is 0.125. The van der Waals surface area contributed by atoms with Gasteiger partial charge in [0.15, 0.2) is 0 Å². The van der Waals surface area contributed by atoms with E-state index in [9.17, 15) is 0 Å². The summed E-state index contributed by atoms with van der Waals surface area (Å²) in [6.45, 7) is 7.13. The molecule has 0 saturated carbocycles. The summed E-state index contributed by atoms with van der Waals surface area (Å²) in [5.74, 6) is 1.17. The van der Waals surface area contributed by atoms with E-state index in [1.54, 1.807) is 6.20 Å².